The second kappa shape index (κ2) is 6.10. The first-order chi connectivity index (χ1) is 9.20. The van der Waals surface area contributed by atoms with E-state index in [0.29, 0.717) is 5.69 Å². The molecule has 0 bridgehead atoms. The fourth-order valence-electron chi connectivity index (χ4n) is 1.73. The second-order valence-corrected chi connectivity index (χ2v) is 4.16. The summed E-state index contributed by atoms with van der Waals surface area (Å²) in [6.45, 7) is 0.170. The van der Waals surface area contributed by atoms with Gasteiger partial charge in [0.25, 0.3) is 5.69 Å². The van der Waals surface area contributed by atoms with Crippen molar-refractivity contribution in [3.8, 4) is 11.3 Å². The molecular weight excluding hydrogens is 248 g/mol. The highest BCUT2D eigenvalue weighted by Crippen LogP contribution is 2.22. The van der Waals surface area contributed by atoms with Gasteiger partial charge in [0.05, 0.1) is 4.92 Å². The summed E-state index contributed by atoms with van der Waals surface area (Å²) in [7, 11) is 0. The van der Waals surface area contributed by atoms with E-state index in [1.807, 2.05) is 6.07 Å². The third-order valence-corrected chi connectivity index (χ3v) is 2.76. The molecule has 0 unspecified atom stereocenters. The van der Waals surface area contributed by atoms with E-state index in [2.05, 4.69) is 5.16 Å². The lowest BCUT2D eigenvalue weighted by atomic mass is 10.1. The van der Waals surface area contributed by atoms with Crippen LogP contribution in [0.15, 0.2) is 34.9 Å². The molecular formula is C13H14N2O4. The summed E-state index contributed by atoms with van der Waals surface area (Å²) in [5.74, 6) is 0.752. The SMILES string of the molecule is O=[N+]([O-])c1ccc(-c2cc(CCCCO)on2)cc1. The average molecular weight is 262 g/mol. The number of nitrogens with zero attached hydrogens (tertiary/aromatic N) is 2. The maximum absolute atomic E-state index is 10.6. The Labute approximate surface area is 109 Å². The van der Waals surface area contributed by atoms with E-state index in [4.69, 9.17) is 9.63 Å². The molecule has 6 nitrogen and oxygen atoms in total. The molecule has 2 rings (SSSR count). The Balaban J connectivity index is 2.07. The van der Waals surface area contributed by atoms with Gasteiger partial charge in [-0.05, 0) is 25.0 Å². The predicted octanol–water partition coefficient (Wildman–Crippen LogP) is 2.56. The number of nitro groups is 1. The minimum Gasteiger partial charge on any atom is -0.396 e. The maximum atomic E-state index is 10.6. The van der Waals surface area contributed by atoms with Crippen LogP contribution in [0.4, 0.5) is 5.69 Å². The monoisotopic (exact) mass is 262 g/mol. The van der Waals surface area contributed by atoms with Crippen LogP contribution < -0.4 is 0 Å². The highest BCUT2D eigenvalue weighted by molar-refractivity contribution is 5.60. The number of benzene rings is 1. The zero-order valence-corrected chi connectivity index (χ0v) is 10.3. The van der Waals surface area contributed by atoms with Gasteiger partial charge in [-0.3, -0.25) is 10.1 Å². The van der Waals surface area contributed by atoms with Crippen LogP contribution in [0.3, 0.4) is 0 Å². The summed E-state index contributed by atoms with van der Waals surface area (Å²) in [6.07, 6.45) is 2.29. The first kappa shape index (κ1) is 13.2. The molecule has 1 heterocycles. The Kier molecular flexibility index (Phi) is 4.25. The lowest BCUT2D eigenvalue weighted by Gasteiger charge is -1.94. The van der Waals surface area contributed by atoms with Gasteiger partial charge in [-0.15, -0.1) is 0 Å². The fourth-order valence-corrected chi connectivity index (χ4v) is 1.73. The number of unbranched alkanes of at least 4 members (excludes halogenated alkanes) is 1. The first-order valence-electron chi connectivity index (χ1n) is 6.02. The largest absolute Gasteiger partial charge is 0.396 e. The summed E-state index contributed by atoms with van der Waals surface area (Å²) in [5, 5.41) is 23.2. The molecule has 0 aliphatic carbocycles. The third kappa shape index (κ3) is 3.38. The molecule has 0 aliphatic heterocycles. The van der Waals surface area contributed by atoms with Gasteiger partial charge < -0.3 is 9.63 Å². The maximum Gasteiger partial charge on any atom is 0.269 e. The summed E-state index contributed by atoms with van der Waals surface area (Å²) < 4.78 is 5.18. The van der Waals surface area contributed by atoms with Crippen molar-refractivity contribution >= 4 is 5.69 Å². The zero-order chi connectivity index (χ0) is 13.7. The Morgan fingerprint density at radius 3 is 2.63 bits per heavy atom. The van der Waals surface area contributed by atoms with Crippen LogP contribution in [0.2, 0.25) is 0 Å². The minimum absolute atomic E-state index is 0.0513. The van der Waals surface area contributed by atoms with Crippen molar-refractivity contribution in [2.45, 2.75) is 19.3 Å². The Morgan fingerprint density at radius 1 is 1.26 bits per heavy atom. The zero-order valence-electron chi connectivity index (χ0n) is 10.3. The van der Waals surface area contributed by atoms with Crippen molar-refractivity contribution in [2.75, 3.05) is 6.61 Å². The van der Waals surface area contributed by atoms with Gasteiger partial charge in [0, 0.05) is 36.8 Å². The molecule has 0 radical (unpaired) electrons. The van der Waals surface area contributed by atoms with Gasteiger partial charge in [0.15, 0.2) is 0 Å². The molecule has 0 saturated heterocycles. The average Bonchev–Trinajstić information content (AvgIpc) is 2.88. The summed E-state index contributed by atoms with van der Waals surface area (Å²) in [4.78, 5) is 10.1. The van der Waals surface area contributed by atoms with E-state index in [-0.39, 0.29) is 12.3 Å². The summed E-state index contributed by atoms with van der Waals surface area (Å²) >= 11 is 0. The van der Waals surface area contributed by atoms with E-state index in [0.717, 1.165) is 30.6 Å². The van der Waals surface area contributed by atoms with Crippen molar-refractivity contribution in [1.29, 1.82) is 0 Å². The third-order valence-electron chi connectivity index (χ3n) is 2.76. The van der Waals surface area contributed by atoms with Crippen molar-refractivity contribution in [3.63, 3.8) is 0 Å². The number of hydrogen-bond donors (Lipinski definition) is 1. The molecule has 19 heavy (non-hydrogen) atoms. The summed E-state index contributed by atoms with van der Waals surface area (Å²) in [6, 6.07) is 7.99. The van der Waals surface area contributed by atoms with Gasteiger partial charge in [0.1, 0.15) is 11.5 Å². The number of hydrogen-bond acceptors (Lipinski definition) is 5. The number of aryl methyl sites for hydroxylation is 1. The van der Waals surface area contributed by atoms with Gasteiger partial charge in [-0.25, -0.2) is 0 Å². The smallest absolute Gasteiger partial charge is 0.269 e. The van der Waals surface area contributed by atoms with E-state index in [1.54, 1.807) is 12.1 Å². The lowest BCUT2D eigenvalue weighted by molar-refractivity contribution is -0.384. The number of non-ortho nitro benzene ring substituents is 1. The van der Waals surface area contributed by atoms with Crippen molar-refractivity contribution in [3.05, 3.63) is 46.2 Å². The molecule has 6 heteroatoms. The quantitative estimate of drug-likeness (QED) is 0.491. The van der Waals surface area contributed by atoms with Crippen LogP contribution in [0.1, 0.15) is 18.6 Å². The van der Waals surface area contributed by atoms with Crippen LogP contribution in [0.5, 0.6) is 0 Å². The van der Waals surface area contributed by atoms with Crippen LogP contribution in [0, 0.1) is 10.1 Å². The highest BCUT2D eigenvalue weighted by atomic mass is 16.6. The molecule has 1 N–H and O–H groups in total. The standard InChI is InChI=1S/C13H14N2O4/c16-8-2-1-3-12-9-13(14-19-12)10-4-6-11(7-5-10)15(17)18/h4-7,9,16H,1-3,8H2. The van der Waals surface area contributed by atoms with Crippen LogP contribution in [-0.4, -0.2) is 21.8 Å². The molecule has 0 saturated carbocycles. The van der Waals surface area contributed by atoms with Gasteiger partial charge in [0.2, 0.25) is 0 Å². The van der Waals surface area contributed by atoms with Gasteiger partial charge in [-0.1, -0.05) is 5.16 Å². The lowest BCUT2D eigenvalue weighted by Crippen LogP contribution is -1.87. The highest BCUT2D eigenvalue weighted by Gasteiger charge is 2.09. The van der Waals surface area contributed by atoms with Crippen LogP contribution in [0.25, 0.3) is 11.3 Å². The Bertz CT molecular complexity index is 548. The van der Waals surface area contributed by atoms with E-state index in [9.17, 15) is 10.1 Å². The topological polar surface area (TPSA) is 89.4 Å². The van der Waals surface area contributed by atoms with Gasteiger partial charge >= 0.3 is 0 Å². The second-order valence-electron chi connectivity index (χ2n) is 4.16. The van der Waals surface area contributed by atoms with Crippen LogP contribution >= 0.6 is 0 Å². The number of aromatic nitrogens is 1. The molecule has 0 fully saturated rings. The van der Waals surface area contributed by atoms with Gasteiger partial charge in [-0.2, -0.15) is 0 Å². The number of nitro benzene ring substituents is 1. The molecule has 100 valence electrons. The molecule has 2 aromatic rings. The molecule has 1 aromatic heterocycles. The van der Waals surface area contributed by atoms with E-state index in [1.165, 1.54) is 12.1 Å². The normalized spacial score (nSPS) is 10.6. The summed E-state index contributed by atoms with van der Waals surface area (Å²) in [5.41, 5.74) is 1.49. The first-order valence-corrected chi connectivity index (χ1v) is 6.02. The molecule has 1 aromatic carbocycles. The molecule has 0 spiro atoms. The number of aliphatic hydroxyl groups is 1. The minimum atomic E-state index is -0.438. The van der Waals surface area contributed by atoms with Crippen molar-refractivity contribution < 1.29 is 14.6 Å². The Hall–Kier alpha value is -2.21. The van der Waals surface area contributed by atoms with E-state index >= 15 is 0 Å². The molecule has 0 aliphatic rings. The predicted molar refractivity (Wildman–Crippen MR) is 68.6 cm³/mol. The number of aliphatic hydroxyl groups excluding tert-OH is 1. The van der Waals surface area contributed by atoms with Crippen molar-refractivity contribution in [1.82, 2.24) is 5.16 Å². The van der Waals surface area contributed by atoms with Crippen molar-refractivity contribution in [2.24, 2.45) is 0 Å². The molecule has 0 atom stereocenters. The van der Waals surface area contributed by atoms with Crippen LogP contribution in [-0.2, 0) is 6.42 Å². The Morgan fingerprint density at radius 2 is 2.00 bits per heavy atom. The van der Waals surface area contributed by atoms with E-state index < -0.39 is 4.92 Å². The molecule has 0 amide bonds. The number of rotatable bonds is 6. The fraction of sp³-hybridized carbons (Fsp3) is 0.308.